The zero-order chi connectivity index (χ0) is 24.3. The summed E-state index contributed by atoms with van der Waals surface area (Å²) in [6, 6.07) is 24.1. The number of nitrogens with one attached hydrogen (secondary N) is 1. The summed E-state index contributed by atoms with van der Waals surface area (Å²) in [5.41, 5.74) is 2.92. The average Bonchev–Trinajstić information content (AvgIpc) is 2.82. The normalized spacial score (nSPS) is 11.6. The summed E-state index contributed by atoms with van der Waals surface area (Å²) in [7, 11) is 0. The Morgan fingerprint density at radius 1 is 0.882 bits per heavy atom. The second kappa shape index (κ2) is 13.4. The summed E-state index contributed by atoms with van der Waals surface area (Å²) < 4.78 is 0. The van der Waals surface area contributed by atoms with Crippen molar-refractivity contribution in [1.82, 2.24) is 10.2 Å². The van der Waals surface area contributed by atoms with E-state index in [-0.39, 0.29) is 17.6 Å². The maximum absolute atomic E-state index is 13.5. The molecule has 2 amide bonds. The van der Waals surface area contributed by atoms with Gasteiger partial charge in [-0.1, -0.05) is 77.8 Å². The summed E-state index contributed by atoms with van der Waals surface area (Å²) >= 11 is 13.8. The highest BCUT2D eigenvalue weighted by Gasteiger charge is 2.30. The van der Waals surface area contributed by atoms with Gasteiger partial charge in [-0.15, -0.1) is 11.8 Å². The van der Waals surface area contributed by atoms with Crippen molar-refractivity contribution < 1.29 is 9.59 Å². The maximum atomic E-state index is 13.5. The van der Waals surface area contributed by atoms with Crippen LogP contribution in [0.15, 0.2) is 78.9 Å². The van der Waals surface area contributed by atoms with Crippen LogP contribution in [0.3, 0.4) is 0 Å². The number of benzene rings is 3. The Morgan fingerprint density at radius 3 is 2.15 bits per heavy atom. The molecule has 0 saturated heterocycles. The van der Waals surface area contributed by atoms with Gasteiger partial charge in [0.05, 0.1) is 5.75 Å². The zero-order valence-electron chi connectivity index (χ0n) is 19.0. The van der Waals surface area contributed by atoms with Crippen molar-refractivity contribution in [2.24, 2.45) is 0 Å². The number of halogens is 2. The van der Waals surface area contributed by atoms with Crippen LogP contribution in [0.1, 0.15) is 23.6 Å². The van der Waals surface area contributed by atoms with Crippen LogP contribution >= 0.6 is 35.0 Å². The van der Waals surface area contributed by atoms with Gasteiger partial charge in [0.2, 0.25) is 11.8 Å². The highest BCUT2D eigenvalue weighted by Crippen LogP contribution is 2.21. The molecule has 3 rings (SSSR count). The zero-order valence-corrected chi connectivity index (χ0v) is 21.4. The minimum Gasteiger partial charge on any atom is -0.355 e. The Morgan fingerprint density at radius 2 is 1.50 bits per heavy atom. The third kappa shape index (κ3) is 8.08. The lowest BCUT2D eigenvalue weighted by molar-refractivity contribution is -0.139. The van der Waals surface area contributed by atoms with Gasteiger partial charge in [-0.05, 0) is 47.9 Å². The van der Waals surface area contributed by atoms with E-state index in [1.807, 2.05) is 79.7 Å². The van der Waals surface area contributed by atoms with Crippen LogP contribution in [0.2, 0.25) is 10.0 Å². The Kier molecular flexibility index (Phi) is 10.3. The molecule has 1 atom stereocenters. The standard InChI is InChI=1S/C27H28Cl2N2O2S/c1-2-30-27(33)25(16-20-8-4-3-5-9-20)31(17-21-10-6-12-23(28)14-21)26(32)19-34-18-22-11-7-13-24(29)15-22/h3-15,25H,2,16-19H2,1H3,(H,30,33). The molecule has 0 heterocycles. The summed E-state index contributed by atoms with van der Waals surface area (Å²) in [6.45, 7) is 2.67. The molecule has 1 N–H and O–H groups in total. The van der Waals surface area contributed by atoms with Crippen LogP contribution in [0.25, 0.3) is 0 Å². The molecule has 178 valence electrons. The van der Waals surface area contributed by atoms with E-state index in [0.29, 0.717) is 35.3 Å². The fourth-order valence-electron chi connectivity index (χ4n) is 3.64. The van der Waals surface area contributed by atoms with Gasteiger partial charge < -0.3 is 10.2 Å². The first-order chi connectivity index (χ1) is 16.5. The molecule has 0 aliphatic rings. The van der Waals surface area contributed by atoms with E-state index in [1.54, 1.807) is 11.0 Å². The lowest BCUT2D eigenvalue weighted by Crippen LogP contribution is -2.51. The van der Waals surface area contributed by atoms with Crippen molar-refractivity contribution in [3.8, 4) is 0 Å². The van der Waals surface area contributed by atoms with Crippen molar-refractivity contribution >= 4 is 46.8 Å². The van der Waals surface area contributed by atoms with Crippen LogP contribution in [0.4, 0.5) is 0 Å². The molecule has 4 nitrogen and oxygen atoms in total. The molecule has 0 aromatic heterocycles. The summed E-state index contributed by atoms with van der Waals surface area (Å²) in [6.07, 6.45) is 0.429. The molecule has 0 radical (unpaired) electrons. The lowest BCUT2D eigenvalue weighted by Gasteiger charge is -2.31. The molecular weight excluding hydrogens is 487 g/mol. The van der Waals surface area contributed by atoms with Crippen LogP contribution < -0.4 is 5.32 Å². The SMILES string of the molecule is CCNC(=O)C(Cc1ccccc1)N(Cc1cccc(Cl)c1)C(=O)CSCc1cccc(Cl)c1. The van der Waals surface area contributed by atoms with Crippen molar-refractivity contribution in [3.05, 3.63) is 106 Å². The first kappa shape index (κ1) is 26.1. The number of amides is 2. The van der Waals surface area contributed by atoms with Gasteiger partial charge in [0.1, 0.15) is 6.04 Å². The molecule has 34 heavy (non-hydrogen) atoms. The second-order valence-electron chi connectivity index (χ2n) is 7.87. The van der Waals surface area contributed by atoms with E-state index >= 15 is 0 Å². The van der Waals surface area contributed by atoms with Crippen molar-refractivity contribution in [1.29, 1.82) is 0 Å². The number of likely N-dealkylation sites (N-methyl/N-ethyl adjacent to an activating group) is 1. The summed E-state index contributed by atoms with van der Waals surface area (Å²) in [4.78, 5) is 28.3. The number of hydrogen-bond acceptors (Lipinski definition) is 3. The Hall–Kier alpha value is -2.47. The second-order valence-corrected chi connectivity index (χ2v) is 9.73. The maximum Gasteiger partial charge on any atom is 0.243 e. The van der Waals surface area contributed by atoms with E-state index in [2.05, 4.69) is 5.32 Å². The van der Waals surface area contributed by atoms with Gasteiger partial charge >= 0.3 is 0 Å². The number of nitrogens with zero attached hydrogens (tertiary/aromatic N) is 1. The molecule has 7 heteroatoms. The first-order valence-corrected chi connectivity index (χ1v) is 13.0. The topological polar surface area (TPSA) is 49.4 Å². The van der Waals surface area contributed by atoms with E-state index in [1.165, 1.54) is 11.8 Å². The van der Waals surface area contributed by atoms with Crippen LogP contribution in [-0.4, -0.2) is 35.1 Å². The fourth-order valence-corrected chi connectivity index (χ4v) is 4.93. The first-order valence-electron chi connectivity index (χ1n) is 11.1. The highest BCUT2D eigenvalue weighted by molar-refractivity contribution is 7.99. The fraction of sp³-hybridized carbons (Fsp3) is 0.259. The molecular formula is C27H28Cl2N2O2S. The predicted molar refractivity (Wildman–Crippen MR) is 142 cm³/mol. The van der Waals surface area contributed by atoms with Crippen molar-refractivity contribution in [3.63, 3.8) is 0 Å². The minimum atomic E-state index is -0.638. The largest absolute Gasteiger partial charge is 0.355 e. The molecule has 0 fully saturated rings. The van der Waals surface area contributed by atoms with Crippen molar-refractivity contribution in [2.45, 2.75) is 31.7 Å². The van der Waals surface area contributed by atoms with Crippen LogP contribution in [0, 0.1) is 0 Å². The lowest BCUT2D eigenvalue weighted by atomic mass is 10.0. The average molecular weight is 516 g/mol. The number of hydrogen-bond donors (Lipinski definition) is 1. The van der Waals surface area contributed by atoms with Crippen LogP contribution in [-0.2, 0) is 28.3 Å². The van der Waals surface area contributed by atoms with Gasteiger partial charge in [0.15, 0.2) is 0 Å². The molecule has 0 bridgehead atoms. The summed E-state index contributed by atoms with van der Waals surface area (Å²) in [5.74, 6) is 0.639. The Balaban J connectivity index is 1.82. The Bertz CT molecular complexity index is 1090. The number of thioether (sulfide) groups is 1. The molecule has 0 aliphatic heterocycles. The summed E-state index contributed by atoms with van der Waals surface area (Å²) in [5, 5.41) is 4.17. The molecule has 0 aliphatic carbocycles. The molecule has 0 spiro atoms. The third-order valence-corrected chi connectivity index (χ3v) is 6.71. The van der Waals surface area contributed by atoms with E-state index in [0.717, 1.165) is 16.7 Å². The molecule has 3 aromatic carbocycles. The smallest absolute Gasteiger partial charge is 0.243 e. The number of carbonyl (C=O) groups excluding carboxylic acids is 2. The Labute approximate surface area is 215 Å². The molecule has 1 unspecified atom stereocenters. The minimum absolute atomic E-state index is 0.0980. The quantitative estimate of drug-likeness (QED) is 0.341. The monoisotopic (exact) mass is 514 g/mol. The van der Waals surface area contributed by atoms with E-state index in [9.17, 15) is 9.59 Å². The molecule has 3 aromatic rings. The van der Waals surface area contributed by atoms with Gasteiger partial charge in [-0.25, -0.2) is 0 Å². The van der Waals surface area contributed by atoms with Crippen LogP contribution in [0.5, 0.6) is 0 Å². The van der Waals surface area contributed by atoms with Crippen molar-refractivity contribution in [2.75, 3.05) is 12.3 Å². The van der Waals surface area contributed by atoms with E-state index < -0.39 is 6.04 Å². The highest BCUT2D eigenvalue weighted by atomic mass is 35.5. The number of carbonyl (C=O) groups is 2. The predicted octanol–water partition coefficient (Wildman–Crippen LogP) is 6.00. The molecule has 0 saturated carbocycles. The van der Waals surface area contributed by atoms with Gasteiger partial charge in [-0.2, -0.15) is 0 Å². The third-order valence-electron chi connectivity index (χ3n) is 5.25. The number of rotatable bonds is 11. The van der Waals surface area contributed by atoms with Gasteiger partial charge in [0.25, 0.3) is 0 Å². The van der Waals surface area contributed by atoms with Gasteiger partial charge in [-0.3, -0.25) is 9.59 Å². The van der Waals surface area contributed by atoms with E-state index in [4.69, 9.17) is 23.2 Å². The van der Waals surface area contributed by atoms with Gasteiger partial charge in [0, 0.05) is 35.3 Å².